The molecule has 0 amide bonds. The molecule has 15 heavy (non-hydrogen) atoms. The molecule has 1 saturated heterocycles. The number of epoxide rings is 1. The first-order valence-corrected chi connectivity index (χ1v) is 5.50. The van der Waals surface area contributed by atoms with E-state index in [4.69, 9.17) is 4.74 Å². The normalized spacial score (nSPS) is 27.1. The summed E-state index contributed by atoms with van der Waals surface area (Å²) >= 11 is 0. The summed E-state index contributed by atoms with van der Waals surface area (Å²) in [5.41, 5.74) is -0.123. The Hall–Kier alpha value is -0.630. The van der Waals surface area contributed by atoms with E-state index < -0.39 is 0 Å². The summed E-state index contributed by atoms with van der Waals surface area (Å²) in [6.45, 7) is 12.2. The maximum atomic E-state index is 11.6. The molecule has 0 aromatic carbocycles. The quantitative estimate of drug-likeness (QED) is 0.518. The van der Waals surface area contributed by atoms with Crippen LogP contribution >= 0.6 is 0 Å². The molecule has 0 aliphatic carbocycles. The molecule has 0 bridgehead atoms. The fourth-order valence-electron chi connectivity index (χ4n) is 1.40. The number of rotatable bonds is 2. The zero-order valence-corrected chi connectivity index (χ0v) is 10.6. The lowest BCUT2D eigenvalue weighted by Gasteiger charge is -2.14. The number of carbonyl (C=O) groups is 1. The monoisotopic (exact) mass is 210 g/mol. The highest BCUT2D eigenvalue weighted by Crippen LogP contribution is 2.38. The molecule has 0 saturated carbocycles. The van der Waals surface area contributed by atoms with Crippen LogP contribution in [0.15, 0.2) is 12.2 Å². The fourth-order valence-corrected chi connectivity index (χ4v) is 1.40. The van der Waals surface area contributed by atoms with Gasteiger partial charge in [0.25, 0.3) is 0 Å². The van der Waals surface area contributed by atoms with Gasteiger partial charge in [-0.05, 0) is 17.6 Å². The number of hydrogen-bond acceptors (Lipinski definition) is 2. The van der Waals surface area contributed by atoms with E-state index in [2.05, 4.69) is 20.8 Å². The van der Waals surface area contributed by atoms with E-state index in [-0.39, 0.29) is 28.8 Å². The van der Waals surface area contributed by atoms with Gasteiger partial charge in [0.15, 0.2) is 5.78 Å². The molecule has 0 radical (unpaired) electrons. The highest BCUT2D eigenvalue weighted by molar-refractivity contribution is 5.93. The van der Waals surface area contributed by atoms with Gasteiger partial charge >= 0.3 is 0 Å². The van der Waals surface area contributed by atoms with Crippen molar-refractivity contribution in [3.8, 4) is 0 Å². The van der Waals surface area contributed by atoms with Crippen LogP contribution in [0.2, 0.25) is 0 Å². The predicted molar refractivity (Wildman–Crippen MR) is 61.7 cm³/mol. The summed E-state index contributed by atoms with van der Waals surface area (Å²) in [5.74, 6) is 0.158. The summed E-state index contributed by atoms with van der Waals surface area (Å²) in [6.07, 6.45) is 3.96. The van der Waals surface area contributed by atoms with Crippen LogP contribution in [0.25, 0.3) is 0 Å². The molecule has 0 aromatic rings. The maximum absolute atomic E-state index is 11.6. The van der Waals surface area contributed by atoms with Crippen LogP contribution in [0.1, 0.15) is 41.5 Å². The molecule has 1 fully saturated rings. The highest BCUT2D eigenvalue weighted by atomic mass is 16.6. The molecule has 1 heterocycles. The molecule has 86 valence electrons. The lowest BCUT2D eigenvalue weighted by molar-refractivity contribution is -0.121. The third kappa shape index (κ3) is 3.45. The van der Waals surface area contributed by atoms with Crippen LogP contribution in [0.3, 0.4) is 0 Å². The van der Waals surface area contributed by atoms with Crippen molar-refractivity contribution in [2.75, 3.05) is 0 Å². The molecule has 0 N–H and O–H groups in total. The van der Waals surface area contributed by atoms with Crippen molar-refractivity contribution in [3.05, 3.63) is 12.2 Å². The molecule has 2 nitrogen and oxygen atoms in total. The molecular formula is C13H22O2. The Bertz CT molecular complexity index is 276. The number of ether oxygens (including phenoxy) is 1. The van der Waals surface area contributed by atoms with Crippen molar-refractivity contribution >= 4 is 5.78 Å². The summed E-state index contributed by atoms with van der Waals surface area (Å²) in [6, 6.07) is 0. The number of ketones is 1. The van der Waals surface area contributed by atoms with Crippen LogP contribution in [0.4, 0.5) is 0 Å². The summed E-state index contributed by atoms with van der Waals surface area (Å²) < 4.78 is 5.51. The third-order valence-electron chi connectivity index (χ3n) is 2.56. The maximum Gasteiger partial charge on any atom is 0.160 e. The Morgan fingerprint density at radius 1 is 1.13 bits per heavy atom. The second kappa shape index (κ2) is 3.75. The molecule has 0 spiro atoms. The van der Waals surface area contributed by atoms with Crippen molar-refractivity contribution < 1.29 is 9.53 Å². The summed E-state index contributed by atoms with van der Waals surface area (Å²) in [4.78, 5) is 11.6. The van der Waals surface area contributed by atoms with Gasteiger partial charge in [-0.2, -0.15) is 0 Å². The van der Waals surface area contributed by atoms with Crippen LogP contribution < -0.4 is 0 Å². The lowest BCUT2D eigenvalue weighted by atomic mass is 9.88. The Balaban J connectivity index is 2.47. The molecule has 1 aliphatic heterocycles. The fraction of sp³-hybridized carbons (Fsp3) is 0.769. The standard InChI is InChI=1S/C13H22O2/c1-12(2,3)10(14)8-7-9-11(15-9)13(4,5)6/h7-9,11H,1-6H3/b8-7+/t9-,11+/m0/s1. The topological polar surface area (TPSA) is 29.6 Å². The largest absolute Gasteiger partial charge is 0.365 e. The van der Waals surface area contributed by atoms with Crippen molar-refractivity contribution in [3.63, 3.8) is 0 Å². The van der Waals surface area contributed by atoms with Crippen LogP contribution in [-0.2, 0) is 9.53 Å². The van der Waals surface area contributed by atoms with Crippen molar-refractivity contribution in [2.45, 2.75) is 53.8 Å². The average molecular weight is 210 g/mol. The molecule has 0 unspecified atom stereocenters. The molecule has 0 aromatic heterocycles. The van der Waals surface area contributed by atoms with E-state index >= 15 is 0 Å². The predicted octanol–water partition coefficient (Wildman–Crippen LogP) is 2.97. The highest BCUT2D eigenvalue weighted by Gasteiger charge is 2.45. The summed E-state index contributed by atoms with van der Waals surface area (Å²) in [7, 11) is 0. The smallest absolute Gasteiger partial charge is 0.160 e. The minimum Gasteiger partial charge on any atom is -0.365 e. The number of allylic oxidation sites excluding steroid dienone is 1. The Morgan fingerprint density at radius 2 is 1.67 bits per heavy atom. The third-order valence-corrected chi connectivity index (χ3v) is 2.56. The minimum atomic E-state index is -0.289. The summed E-state index contributed by atoms with van der Waals surface area (Å²) in [5, 5.41) is 0. The SMILES string of the molecule is CC(C)(C)C(=O)/C=C/[C@@H]1O[C@H]1C(C)(C)C. The first-order chi connectivity index (χ1) is 6.62. The van der Waals surface area contributed by atoms with E-state index in [1.807, 2.05) is 26.8 Å². The zero-order chi connectivity index (χ0) is 11.9. The van der Waals surface area contributed by atoms with E-state index in [1.165, 1.54) is 0 Å². The second-order valence-corrected chi connectivity index (χ2v) is 6.36. The first-order valence-electron chi connectivity index (χ1n) is 5.50. The van der Waals surface area contributed by atoms with Gasteiger partial charge in [-0.15, -0.1) is 0 Å². The van der Waals surface area contributed by atoms with E-state index in [9.17, 15) is 4.79 Å². The van der Waals surface area contributed by atoms with E-state index in [0.717, 1.165) is 0 Å². The molecule has 1 rings (SSSR count). The van der Waals surface area contributed by atoms with Crippen LogP contribution in [-0.4, -0.2) is 18.0 Å². The molecule has 1 aliphatic rings. The number of carbonyl (C=O) groups excluding carboxylic acids is 1. The number of hydrogen-bond donors (Lipinski definition) is 0. The minimum absolute atomic E-state index is 0.135. The van der Waals surface area contributed by atoms with Gasteiger partial charge in [-0.3, -0.25) is 4.79 Å². The van der Waals surface area contributed by atoms with E-state index in [1.54, 1.807) is 6.08 Å². The average Bonchev–Trinajstić information content (AvgIpc) is 2.75. The van der Waals surface area contributed by atoms with Crippen molar-refractivity contribution in [2.24, 2.45) is 10.8 Å². The molecular weight excluding hydrogens is 188 g/mol. The van der Waals surface area contributed by atoms with Gasteiger partial charge in [-0.1, -0.05) is 41.5 Å². The van der Waals surface area contributed by atoms with Gasteiger partial charge in [0.2, 0.25) is 0 Å². The zero-order valence-electron chi connectivity index (χ0n) is 10.6. The first kappa shape index (κ1) is 12.4. The van der Waals surface area contributed by atoms with E-state index in [0.29, 0.717) is 0 Å². The molecule has 2 atom stereocenters. The Labute approximate surface area is 92.7 Å². The lowest BCUT2D eigenvalue weighted by Crippen LogP contribution is -2.18. The van der Waals surface area contributed by atoms with Crippen molar-refractivity contribution in [1.82, 2.24) is 0 Å². The van der Waals surface area contributed by atoms with Gasteiger partial charge in [0, 0.05) is 5.41 Å². The van der Waals surface area contributed by atoms with Gasteiger partial charge < -0.3 is 4.74 Å². The molecule has 2 heteroatoms. The van der Waals surface area contributed by atoms with Crippen molar-refractivity contribution in [1.29, 1.82) is 0 Å². The second-order valence-electron chi connectivity index (χ2n) is 6.36. The van der Waals surface area contributed by atoms with Gasteiger partial charge in [0.1, 0.15) is 6.10 Å². The Kier molecular flexibility index (Phi) is 3.11. The van der Waals surface area contributed by atoms with Crippen LogP contribution in [0.5, 0.6) is 0 Å². The Morgan fingerprint density at radius 3 is 2.00 bits per heavy atom. The van der Waals surface area contributed by atoms with Gasteiger partial charge in [0.05, 0.1) is 6.10 Å². The van der Waals surface area contributed by atoms with Gasteiger partial charge in [-0.25, -0.2) is 0 Å². The van der Waals surface area contributed by atoms with Crippen LogP contribution in [0, 0.1) is 10.8 Å².